The highest BCUT2D eigenvalue weighted by molar-refractivity contribution is 5.05. The highest BCUT2D eigenvalue weighted by Gasteiger charge is 2.06. The summed E-state index contributed by atoms with van der Waals surface area (Å²) in [5, 5.41) is 0. The Morgan fingerprint density at radius 1 is 1.69 bits per heavy atom. The zero-order valence-corrected chi connectivity index (χ0v) is 8.00. The van der Waals surface area contributed by atoms with Gasteiger partial charge in [0.15, 0.2) is 0 Å². The van der Waals surface area contributed by atoms with Crippen LogP contribution in [0.2, 0.25) is 0 Å². The number of aromatic amines is 1. The second kappa shape index (κ2) is 4.18. The van der Waals surface area contributed by atoms with Crippen molar-refractivity contribution in [3.63, 3.8) is 0 Å². The minimum atomic E-state index is -0.0952. The van der Waals surface area contributed by atoms with Crippen molar-refractivity contribution in [3.05, 3.63) is 27.9 Å². The van der Waals surface area contributed by atoms with Gasteiger partial charge in [-0.05, 0) is 6.42 Å². The number of aryl methyl sites for hydroxylation is 1. The molecule has 0 aliphatic rings. The molecule has 0 radical (unpaired) electrons. The molecule has 1 atom stereocenters. The summed E-state index contributed by atoms with van der Waals surface area (Å²) >= 11 is 0. The van der Waals surface area contributed by atoms with Crippen LogP contribution in [-0.4, -0.2) is 16.5 Å². The summed E-state index contributed by atoms with van der Waals surface area (Å²) in [7, 11) is 0. The van der Waals surface area contributed by atoms with Gasteiger partial charge in [0.2, 0.25) is 0 Å². The van der Waals surface area contributed by atoms with Crippen molar-refractivity contribution in [1.29, 1.82) is 0 Å². The Hall–Kier alpha value is -1.16. The van der Waals surface area contributed by atoms with Crippen LogP contribution >= 0.6 is 0 Å². The summed E-state index contributed by atoms with van der Waals surface area (Å²) in [5.74, 6) is 0.797. The number of nitrogens with zero attached hydrogens (tertiary/aromatic N) is 1. The predicted octanol–water partition coefficient (Wildman–Crippen LogP) is 0.394. The van der Waals surface area contributed by atoms with Gasteiger partial charge in [0.1, 0.15) is 5.82 Å². The first-order valence-electron chi connectivity index (χ1n) is 4.47. The third-order valence-electron chi connectivity index (χ3n) is 2.00. The highest BCUT2D eigenvalue weighted by Crippen LogP contribution is 2.06. The Kier molecular flexibility index (Phi) is 3.19. The maximum absolute atomic E-state index is 11.2. The van der Waals surface area contributed by atoms with Crippen LogP contribution in [-0.2, 0) is 6.42 Å². The number of rotatable bonds is 3. The Morgan fingerprint density at radius 3 is 2.92 bits per heavy atom. The first-order valence-corrected chi connectivity index (χ1v) is 4.47. The average molecular weight is 181 g/mol. The zero-order chi connectivity index (χ0) is 9.84. The Balaban J connectivity index is 3.08. The van der Waals surface area contributed by atoms with E-state index in [0.29, 0.717) is 12.4 Å². The van der Waals surface area contributed by atoms with Gasteiger partial charge in [-0.2, -0.15) is 0 Å². The number of hydrogen-bond donors (Lipinski definition) is 2. The van der Waals surface area contributed by atoms with E-state index in [4.69, 9.17) is 5.73 Å². The van der Waals surface area contributed by atoms with Gasteiger partial charge in [-0.25, -0.2) is 4.98 Å². The molecule has 0 fully saturated rings. The van der Waals surface area contributed by atoms with E-state index in [0.717, 1.165) is 12.1 Å². The van der Waals surface area contributed by atoms with E-state index in [1.165, 1.54) is 6.07 Å². The van der Waals surface area contributed by atoms with Crippen LogP contribution in [0.4, 0.5) is 0 Å². The summed E-state index contributed by atoms with van der Waals surface area (Å²) in [6.45, 7) is 4.41. The molecule has 1 unspecified atom stereocenters. The molecule has 0 bridgehead atoms. The second-order valence-corrected chi connectivity index (χ2v) is 3.11. The molecule has 0 saturated heterocycles. The van der Waals surface area contributed by atoms with Crippen molar-refractivity contribution in [2.75, 3.05) is 6.54 Å². The van der Waals surface area contributed by atoms with Crippen LogP contribution in [0.5, 0.6) is 0 Å². The largest absolute Gasteiger partial charge is 0.330 e. The monoisotopic (exact) mass is 181 g/mol. The number of hydrogen-bond acceptors (Lipinski definition) is 3. The van der Waals surface area contributed by atoms with Gasteiger partial charge < -0.3 is 10.7 Å². The fourth-order valence-electron chi connectivity index (χ4n) is 1.05. The van der Waals surface area contributed by atoms with Gasteiger partial charge in [-0.1, -0.05) is 13.8 Å². The van der Waals surface area contributed by atoms with Crippen LogP contribution < -0.4 is 11.3 Å². The third kappa shape index (κ3) is 2.39. The summed E-state index contributed by atoms with van der Waals surface area (Å²) in [6, 6.07) is 1.52. The molecule has 0 amide bonds. The van der Waals surface area contributed by atoms with Gasteiger partial charge in [0, 0.05) is 24.2 Å². The van der Waals surface area contributed by atoms with Gasteiger partial charge in [0.05, 0.1) is 0 Å². The lowest BCUT2D eigenvalue weighted by atomic mass is 10.1. The maximum Gasteiger partial charge on any atom is 0.251 e. The number of nitrogens with two attached hydrogens (primary N) is 1. The Labute approximate surface area is 77.2 Å². The van der Waals surface area contributed by atoms with Gasteiger partial charge in [-0.15, -0.1) is 0 Å². The molecule has 4 heteroatoms. The van der Waals surface area contributed by atoms with Gasteiger partial charge in [0.25, 0.3) is 5.56 Å². The fraction of sp³-hybridized carbons (Fsp3) is 0.556. The summed E-state index contributed by atoms with van der Waals surface area (Å²) < 4.78 is 0. The van der Waals surface area contributed by atoms with Crippen molar-refractivity contribution in [2.24, 2.45) is 5.73 Å². The standard InChI is InChI=1S/C9H15N3O/c1-3-7-4-8(13)12-9(11-7)6(2)5-10/h4,6H,3,5,10H2,1-2H3,(H,11,12,13). The average Bonchev–Trinajstić information content (AvgIpc) is 2.15. The molecule has 1 aromatic rings. The molecule has 72 valence electrons. The molecule has 13 heavy (non-hydrogen) atoms. The number of H-pyrrole nitrogens is 1. The minimum Gasteiger partial charge on any atom is -0.330 e. The van der Waals surface area contributed by atoms with E-state index < -0.39 is 0 Å². The number of aromatic nitrogens is 2. The highest BCUT2D eigenvalue weighted by atomic mass is 16.1. The third-order valence-corrected chi connectivity index (χ3v) is 2.00. The Morgan fingerprint density at radius 2 is 2.38 bits per heavy atom. The van der Waals surface area contributed by atoms with E-state index in [2.05, 4.69) is 9.97 Å². The van der Waals surface area contributed by atoms with E-state index in [1.54, 1.807) is 0 Å². The van der Waals surface area contributed by atoms with E-state index in [9.17, 15) is 4.79 Å². The van der Waals surface area contributed by atoms with E-state index in [1.807, 2.05) is 13.8 Å². The normalized spacial score (nSPS) is 12.8. The molecule has 0 aromatic carbocycles. The van der Waals surface area contributed by atoms with Crippen LogP contribution in [0.3, 0.4) is 0 Å². The van der Waals surface area contributed by atoms with Crippen LogP contribution in [0, 0.1) is 0 Å². The molecule has 1 aromatic heterocycles. The zero-order valence-electron chi connectivity index (χ0n) is 8.00. The van der Waals surface area contributed by atoms with Crippen molar-refractivity contribution in [2.45, 2.75) is 26.2 Å². The van der Waals surface area contributed by atoms with Gasteiger partial charge in [-0.3, -0.25) is 4.79 Å². The van der Waals surface area contributed by atoms with E-state index in [-0.39, 0.29) is 11.5 Å². The SMILES string of the molecule is CCc1cc(=O)[nH]c(C(C)CN)n1. The van der Waals surface area contributed by atoms with Crippen molar-refractivity contribution < 1.29 is 0 Å². The van der Waals surface area contributed by atoms with Crippen molar-refractivity contribution in [1.82, 2.24) is 9.97 Å². The second-order valence-electron chi connectivity index (χ2n) is 3.11. The fourth-order valence-corrected chi connectivity index (χ4v) is 1.05. The first kappa shape index (κ1) is 9.92. The van der Waals surface area contributed by atoms with Gasteiger partial charge >= 0.3 is 0 Å². The molecular formula is C9H15N3O. The quantitative estimate of drug-likeness (QED) is 0.708. The lowest BCUT2D eigenvalue weighted by Gasteiger charge is -2.07. The molecule has 3 N–H and O–H groups in total. The molecule has 0 aliphatic heterocycles. The molecule has 0 aliphatic carbocycles. The maximum atomic E-state index is 11.2. The van der Waals surface area contributed by atoms with Crippen molar-refractivity contribution >= 4 is 0 Å². The molecule has 1 rings (SSSR count). The summed E-state index contributed by atoms with van der Waals surface area (Å²) in [6.07, 6.45) is 0.772. The smallest absolute Gasteiger partial charge is 0.251 e. The van der Waals surface area contributed by atoms with Crippen molar-refractivity contribution in [3.8, 4) is 0 Å². The van der Waals surface area contributed by atoms with E-state index >= 15 is 0 Å². The van der Waals surface area contributed by atoms with Crippen LogP contribution in [0.1, 0.15) is 31.3 Å². The lowest BCUT2D eigenvalue weighted by Crippen LogP contribution is -2.18. The molecule has 4 nitrogen and oxygen atoms in total. The molecular weight excluding hydrogens is 166 g/mol. The molecule has 0 spiro atoms. The first-order chi connectivity index (χ1) is 6.17. The Bertz CT molecular complexity index is 332. The van der Waals surface area contributed by atoms with Crippen LogP contribution in [0.25, 0.3) is 0 Å². The summed E-state index contributed by atoms with van der Waals surface area (Å²) in [5.41, 5.74) is 6.21. The lowest BCUT2D eigenvalue weighted by molar-refractivity contribution is 0.697. The van der Waals surface area contributed by atoms with Crippen LogP contribution in [0.15, 0.2) is 10.9 Å². The minimum absolute atomic E-state index is 0.0952. The molecule has 0 saturated carbocycles. The summed E-state index contributed by atoms with van der Waals surface area (Å²) in [4.78, 5) is 18.1. The predicted molar refractivity (Wildman–Crippen MR) is 51.7 cm³/mol. The topological polar surface area (TPSA) is 71.8 Å². The number of nitrogens with one attached hydrogen (secondary N) is 1. The molecule has 1 heterocycles.